The summed E-state index contributed by atoms with van der Waals surface area (Å²) < 4.78 is 5.61. The zero-order valence-corrected chi connectivity index (χ0v) is 21.4. The second-order valence-electron chi connectivity index (χ2n) is 9.38. The predicted molar refractivity (Wildman–Crippen MR) is 147 cm³/mol. The predicted octanol–water partition coefficient (Wildman–Crippen LogP) is 5.09. The number of piperidine rings is 1. The maximum Gasteiger partial charge on any atom is 0.260 e. The number of likely N-dealkylation sites (tertiary alicyclic amines) is 1. The van der Waals surface area contributed by atoms with Gasteiger partial charge < -0.3 is 15.0 Å². The SMILES string of the molecule is C=C/C(=C\C=C/C)c1cccc(C2NC(=C)N(CC3CCN(C(=O)COc4ccccc4)CC3)C2=O)c1. The smallest absolute Gasteiger partial charge is 0.260 e. The molecule has 6 nitrogen and oxygen atoms in total. The van der Waals surface area contributed by atoms with Crippen LogP contribution < -0.4 is 10.1 Å². The van der Waals surface area contributed by atoms with Crippen molar-refractivity contribution in [1.29, 1.82) is 0 Å². The number of rotatable bonds is 9. The van der Waals surface area contributed by atoms with Gasteiger partial charge in [-0.25, -0.2) is 0 Å². The van der Waals surface area contributed by atoms with Crippen LogP contribution in [-0.2, 0) is 9.59 Å². The first kappa shape index (κ1) is 26.0. The Morgan fingerprint density at radius 1 is 1.14 bits per heavy atom. The number of nitrogens with one attached hydrogen (secondary N) is 1. The summed E-state index contributed by atoms with van der Waals surface area (Å²) in [5.74, 6) is 1.63. The lowest BCUT2D eigenvalue weighted by molar-refractivity contribution is -0.135. The lowest BCUT2D eigenvalue weighted by Crippen LogP contribution is -2.43. The molecule has 192 valence electrons. The molecule has 0 aliphatic carbocycles. The van der Waals surface area contributed by atoms with Crippen LogP contribution in [-0.4, -0.2) is 47.9 Å². The second kappa shape index (κ2) is 12.3. The molecule has 2 aliphatic rings. The first-order valence-corrected chi connectivity index (χ1v) is 12.8. The van der Waals surface area contributed by atoms with Crippen LogP contribution in [0, 0.1) is 5.92 Å². The summed E-state index contributed by atoms with van der Waals surface area (Å²) in [5, 5.41) is 3.29. The van der Waals surface area contributed by atoms with Gasteiger partial charge in [-0.1, -0.05) is 73.9 Å². The summed E-state index contributed by atoms with van der Waals surface area (Å²) in [4.78, 5) is 29.6. The van der Waals surface area contributed by atoms with Gasteiger partial charge in [0.2, 0.25) is 0 Å². The van der Waals surface area contributed by atoms with Crippen molar-refractivity contribution in [3.05, 3.63) is 109 Å². The Labute approximate surface area is 219 Å². The molecule has 1 atom stereocenters. The first-order valence-electron chi connectivity index (χ1n) is 12.8. The minimum Gasteiger partial charge on any atom is -0.484 e. The monoisotopic (exact) mass is 497 g/mol. The average molecular weight is 498 g/mol. The lowest BCUT2D eigenvalue weighted by Gasteiger charge is -2.33. The standard InChI is InChI=1S/C31H35N3O3/c1-4-6-11-25(5-2)26-12-10-13-27(20-26)30-31(36)34(23(3)32-30)21-24-16-18-33(19-17-24)29(35)22-37-28-14-8-7-9-15-28/h4-15,20,24,30,32H,2-3,16-19,21-22H2,1H3/b6-4-,25-11+. The summed E-state index contributed by atoms with van der Waals surface area (Å²) in [6, 6.07) is 16.9. The highest BCUT2D eigenvalue weighted by molar-refractivity contribution is 5.88. The average Bonchev–Trinajstić information content (AvgIpc) is 3.21. The van der Waals surface area contributed by atoms with Crippen molar-refractivity contribution in [2.75, 3.05) is 26.2 Å². The molecule has 4 rings (SSSR count). The second-order valence-corrected chi connectivity index (χ2v) is 9.38. The number of ether oxygens (including phenoxy) is 1. The molecule has 6 heteroatoms. The van der Waals surface area contributed by atoms with E-state index in [0.29, 0.717) is 37.1 Å². The van der Waals surface area contributed by atoms with Crippen LogP contribution >= 0.6 is 0 Å². The molecule has 0 aromatic heterocycles. The third kappa shape index (κ3) is 6.39. The van der Waals surface area contributed by atoms with E-state index in [1.54, 1.807) is 4.90 Å². The summed E-state index contributed by atoms with van der Waals surface area (Å²) in [7, 11) is 0. The molecule has 0 radical (unpaired) electrons. The van der Waals surface area contributed by atoms with Crippen molar-refractivity contribution in [3.63, 3.8) is 0 Å². The molecule has 37 heavy (non-hydrogen) atoms. The van der Waals surface area contributed by atoms with Crippen molar-refractivity contribution in [1.82, 2.24) is 15.1 Å². The molecule has 0 saturated carbocycles. The molecular weight excluding hydrogens is 462 g/mol. The van der Waals surface area contributed by atoms with E-state index in [1.807, 2.05) is 90.7 Å². The highest BCUT2D eigenvalue weighted by Gasteiger charge is 2.37. The van der Waals surface area contributed by atoms with Gasteiger partial charge in [0.25, 0.3) is 11.8 Å². The molecule has 2 heterocycles. The van der Waals surface area contributed by atoms with Crippen molar-refractivity contribution >= 4 is 17.4 Å². The third-order valence-electron chi connectivity index (χ3n) is 6.90. The maximum absolute atomic E-state index is 13.4. The number of nitrogens with zero attached hydrogens (tertiary/aromatic N) is 2. The van der Waals surface area contributed by atoms with Crippen LogP contribution in [0.3, 0.4) is 0 Å². The zero-order chi connectivity index (χ0) is 26.2. The highest BCUT2D eigenvalue weighted by Crippen LogP contribution is 2.30. The van der Waals surface area contributed by atoms with E-state index in [2.05, 4.69) is 18.5 Å². The van der Waals surface area contributed by atoms with Crippen LogP contribution in [0.25, 0.3) is 5.57 Å². The fourth-order valence-corrected chi connectivity index (χ4v) is 4.78. The zero-order valence-electron chi connectivity index (χ0n) is 21.4. The molecule has 2 aromatic carbocycles. The number of amides is 2. The van der Waals surface area contributed by atoms with E-state index in [-0.39, 0.29) is 18.4 Å². The Hall–Kier alpha value is -4.06. The van der Waals surface area contributed by atoms with Crippen LogP contribution in [0.4, 0.5) is 0 Å². The molecule has 1 N–H and O–H groups in total. The number of allylic oxidation sites excluding steroid dienone is 5. The third-order valence-corrected chi connectivity index (χ3v) is 6.90. The molecule has 2 aromatic rings. The van der Waals surface area contributed by atoms with Crippen LogP contribution in [0.15, 0.2) is 97.9 Å². The minimum absolute atomic E-state index is 0.00653. The first-order chi connectivity index (χ1) is 18.0. The van der Waals surface area contributed by atoms with E-state index in [9.17, 15) is 9.59 Å². The van der Waals surface area contributed by atoms with Crippen molar-refractivity contribution in [2.24, 2.45) is 5.92 Å². The van der Waals surface area contributed by atoms with Crippen molar-refractivity contribution in [2.45, 2.75) is 25.8 Å². The van der Waals surface area contributed by atoms with E-state index >= 15 is 0 Å². The highest BCUT2D eigenvalue weighted by atomic mass is 16.5. The van der Waals surface area contributed by atoms with Crippen LogP contribution in [0.2, 0.25) is 0 Å². The van der Waals surface area contributed by atoms with Gasteiger partial charge in [-0.3, -0.25) is 14.5 Å². The van der Waals surface area contributed by atoms with Gasteiger partial charge in [0.05, 0.1) is 0 Å². The fraction of sp³-hybridized carbons (Fsp3) is 0.290. The van der Waals surface area contributed by atoms with Crippen LogP contribution in [0.1, 0.15) is 36.9 Å². The van der Waals surface area contributed by atoms with Gasteiger partial charge in [-0.15, -0.1) is 0 Å². The summed E-state index contributed by atoms with van der Waals surface area (Å²) in [6.07, 6.45) is 9.45. The number of carbonyl (C=O) groups is 2. The van der Waals surface area contributed by atoms with Gasteiger partial charge in [-0.2, -0.15) is 0 Å². The van der Waals surface area contributed by atoms with Crippen molar-refractivity contribution in [3.8, 4) is 5.75 Å². The quantitative estimate of drug-likeness (QED) is 0.490. The lowest BCUT2D eigenvalue weighted by atomic mass is 9.95. The number of hydrogen-bond donors (Lipinski definition) is 1. The van der Waals surface area contributed by atoms with Gasteiger partial charge >= 0.3 is 0 Å². The fourth-order valence-electron chi connectivity index (χ4n) is 4.78. The number of benzene rings is 2. The number of carbonyl (C=O) groups excluding carboxylic acids is 2. The van der Waals surface area contributed by atoms with Crippen molar-refractivity contribution < 1.29 is 14.3 Å². The van der Waals surface area contributed by atoms with Gasteiger partial charge in [0.15, 0.2) is 6.61 Å². The topological polar surface area (TPSA) is 61.9 Å². The summed E-state index contributed by atoms with van der Waals surface area (Å²) >= 11 is 0. The summed E-state index contributed by atoms with van der Waals surface area (Å²) in [6.45, 7) is 12.0. The van der Waals surface area contributed by atoms with Gasteiger partial charge in [0, 0.05) is 19.6 Å². The van der Waals surface area contributed by atoms with E-state index in [1.165, 1.54) is 0 Å². The van der Waals surface area contributed by atoms with Gasteiger partial charge in [0.1, 0.15) is 17.6 Å². The van der Waals surface area contributed by atoms with Crippen LogP contribution in [0.5, 0.6) is 5.75 Å². The molecule has 2 saturated heterocycles. The van der Waals surface area contributed by atoms with Gasteiger partial charge in [-0.05, 0) is 60.6 Å². The normalized spacial score (nSPS) is 18.8. The van der Waals surface area contributed by atoms with E-state index < -0.39 is 6.04 Å². The molecule has 2 aliphatic heterocycles. The minimum atomic E-state index is -0.461. The molecule has 0 spiro atoms. The molecule has 0 bridgehead atoms. The Morgan fingerprint density at radius 2 is 1.89 bits per heavy atom. The Bertz CT molecular complexity index is 1190. The number of para-hydroxylation sites is 1. The largest absolute Gasteiger partial charge is 0.484 e. The Kier molecular flexibility index (Phi) is 8.62. The number of hydrogen-bond acceptors (Lipinski definition) is 4. The summed E-state index contributed by atoms with van der Waals surface area (Å²) in [5.41, 5.74) is 2.91. The Balaban J connectivity index is 1.32. The van der Waals surface area contributed by atoms with E-state index in [0.717, 1.165) is 29.5 Å². The maximum atomic E-state index is 13.4. The van der Waals surface area contributed by atoms with E-state index in [4.69, 9.17) is 4.74 Å². The molecule has 2 amide bonds. The Morgan fingerprint density at radius 3 is 2.59 bits per heavy atom. The molecular formula is C31H35N3O3. The molecule has 1 unspecified atom stereocenters. The molecule has 2 fully saturated rings.